The zero-order chi connectivity index (χ0) is 8.44. The van der Waals surface area contributed by atoms with E-state index in [0.29, 0.717) is 0 Å². The van der Waals surface area contributed by atoms with E-state index >= 15 is 0 Å². The first kappa shape index (κ1) is 8.55. The Hall–Kier alpha value is -0.0400. The van der Waals surface area contributed by atoms with Crippen LogP contribution in [-0.4, -0.2) is 30.2 Å². The number of quaternary nitrogens is 1. The molecule has 12 heavy (non-hydrogen) atoms. The Morgan fingerprint density at radius 2 is 1.42 bits per heavy atom. The summed E-state index contributed by atoms with van der Waals surface area (Å²) < 4.78 is 1.49. The van der Waals surface area contributed by atoms with E-state index in [1.807, 2.05) is 0 Å². The second kappa shape index (κ2) is 3.37. The van der Waals surface area contributed by atoms with E-state index in [9.17, 15) is 0 Å². The zero-order valence-corrected chi connectivity index (χ0v) is 8.39. The molecule has 70 valence electrons. The van der Waals surface area contributed by atoms with E-state index in [-0.39, 0.29) is 0 Å². The standard InChI is InChI=1S/C11H22N/c1-11-7-3-6-10-12(11)8-4-2-5-9-12/h11H,2-10H2,1H3/q+1. The molecule has 0 aromatic rings. The summed E-state index contributed by atoms with van der Waals surface area (Å²) in [4.78, 5) is 0. The fourth-order valence-electron chi connectivity index (χ4n) is 3.17. The molecule has 1 nitrogen and oxygen atoms in total. The lowest BCUT2D eigenvalue weighted by atomic mass is 9.95. The summed E-state index contributed by atoms with van der Waals surface area (Å²) >= 11 is 0. The molecule has 2 rings (SSSR count). The van der Waals surface area contributed by atoms with Crippen LogP contribution in [0.1, 0.15) is 45.4 Å². The van der Waals surface area contributed by atoms with E-state index in [1.54, 1.807) is 0 Å². The highest BCUT2D eigenvalue weighted by molar-refractivity contribution is 4.65. The van der Waals surface area contributed by atoms with E-state index in [1.165, 1.54) is 62.6 Å². The van der Waals surface area contributed by atoms with E-state index in [4.69, 9.17) is 0 Å². The van der Waals surface area contributed by atoms with Gasteiger partial charge in [0, 0.05) is 0 Å². The summed E-state index contributed by atoms with van der Waals surface area (Å²) in [6.45, 7) is 6.94. The Labute approximate surface area is 76.3 Å². The second-order valence-corrected chi connectivity index (χ2v) is 4.79. The maximum absolute atomic E-state index is 2.48. The van der Waals surface area contributed by atoms with Crippen LogP contribution in [0.3, 0.4) is 0 Å². The molecule has 1 unspecified atom stereocenters. The van der Waals surface area contributed by atoms with Crippen molar-refractivity contribution in [2.45, 2.75) is 51.5 Å². The van der Waals surface area contributed by atoms with Gasteiger partial charge in [0.1, 0.15) is 0 Å². The van der Waals surface area contributed by atoms with Crippen molar-refractivity contribution >= 4 is 0 Å². The quantitative estimate of drug-likeness (QED) is 0.488. The summed E-state index contributed by atoms with van der Waals surface area (Å²) in [5.74, 6) is 0. The average Bonchev–Trinajstić information content (AvgIpc) is 2.12. The topological polar surface area (TPSA) is 0 Å². The monoisotopic (exact) mass is 168 g/mol. The van der Waals surface area contributed by atoms with Gasteiger partial charge in [0.05, 0.1) is 25.7 Å². The van der Waals surface area contributed by atoms with Crippen molar-refractivity contribution in [3.63, 3.8) is 0 Å². The van der Waals surface area contributed by atoms with Crippen molar-refractivity contribution in [3.8, 4) is 0 Å². The SMILES string of the molecule is CC1CCCC[N+]12CCCCC2. The minimum Gasteiger partial charge on any atom is -0.321 e. The Bertz CT molecular complexity index is 139. The maximum Gasteiger partial charge on any atom is 0.0861 e. The molecule has 2 aliphatic heterocycles. The van der Waals surface area contributed by atoms with Crippen molar-refractivity contribution in [1.29, 1.82) is 0 Å². The molecule has 0 N–H and O–H groups in total. The molecule has 0 aliphatic carbocycles. The van der Waals surface area contributed by atoms with Crippen LogP contribution in [-0.2, 0) is 0 Å². The van der Waals surface area contributed by atoms with Gasteiger partial charge in [-0.15, -0.1) is 0 Å². The molecule has 0 bridgehead atoms. The minimum atomic E-state index is 0.971. The number of nitrogens with zero attached hydrogens (tertiary/aromatic N) is 1. The summed E-state index contributed by atoms with van der Waals surface area (Å²) in [7, 11) is 0. The summed E-state index contributed by atoms with van der Waals surface area (Å²) in [6, 6.07) is 0.971. The van der Waals surface area contributed by atoms with Gasteiger partial charge in [-0.05, 0) is 45.4 Å². The second-order valence-electron chi connectivity index (χ2n) is 4.79. The lowest BCUT2D eigenvalue weighted by Crippen LogP contribution is -2.59. The third-order valence-corrected chi connectivity index (χ3v) is 4.12. The highest BCUT2D eigenvalue weighted by Gasteiger charge is 2.37. The highest BCUT2D eigenvalue weighted by Crippen LogP contribution is 2.30. The lowest BCUT2D eigenvalue weighted by Gasteiger charge is -2.48. The molecule has 0 saturated carbocycles. The minimum absolute atomic E-state index is 0.971. The van der Waals surface area contributed by atoms with Gasteiger partial charge in [-0.3, -0.25) is 0 Å². The number of rotatable bonds is 0. The Morgan fingerprint density at radius 3 is 2.00 bits per heavy atom. The molecule has 1 spiro atoms. The maximum atomic E-state index is 2.48. The van der Waals surface area contributed by atoms with Gasteiger partial charge in [-0.1, -0.05) is 0 Å². The first-order valence-electron chi connectivity index (χ1n) is 5.69. The van der Waals surface area contributed by atoms with Gasteiger partial charge in [-0.2, -0.15) is 0 Å². The molecule has 2 aliphatic rings. The molecule has 2 fully saturated rings. The summed E-state index contributed by atoms with van der Waals surface area (Å²) in [5.41, 5.74) is 0. The van der Waals surface area contributed by atoms with Gasteiger partial charge < -0.3 is 4.48 Å². The van der Waals surface area contributed by atoms with Crippen molar-refractivity contribution in [3.05, 3.63) is 0 Å². The van der Waals surface area contributed by atoms with Crippen molar-refractivity contribution in [2.75, 3.05) is 19.6 Å². The molecule has 1 heteroatoms. The van der Waals surface area contributed by atoms with Gasteiger partial charge in [0.25, 0.3) is 0 Å². The Kier molecular flexibility index (Phi) is 2.40. The van der Waals surface area contributed by atoms with Crippen LogP contribution < -0.4 is 0 Å². The fourth-order valence-corrected chi connectivity index (χ4v) is 3.17. The number of piperidine rings is 2. The average molecular weight is 168 g/mol. The lowest BCUT2D eigenvalue weighted by molar-refractivity contribution is -0.958. The van der Waals surface area contributed by atoms with Crippen LogP contribution in [0.4, 0.5) is 0 Å². The van der Waals surface area contributed by atoms with Crippen LogP contribution in [0, 0.1) is 0 Å². The normalized spacial score (nSPS) is 35.2. The van der Waals surface area contributed by atoms with Crippen LogP contribution >= 0.6 is 0 Å². The first-order chi connectivity index (χ1) is 5.83. The fraction of sp³-hybridized carbons (Fsp3) is 1.00. The van der Waals surface area contributed by atoms with Gasteiger partial charge in [-0.25, -0.2) is 0 Å². The molecule has 0 aromatic carbocycles. The van der Waals surface area contributed by atoms with Crippen LogP contribution in [0.2, 0.25) is 0 Å². The summed E-state index contributed by atoms with van der Waals surface area (Å²) in [5, 5.41) is 0. The molecule has 0 radical (unpaired) electrons. The molecule has 2 saturated heterocycles. The highest BCUT2D eigenvalue weighted by atomic mass is 15.4. The first-order valence-corrected chi connectivity index (χ1v) is 5.69. The van der Waals surface area contributed by atoms with Gasteiger partial charge >= 0.3 is 0 Å². The molecule has 0 aromatic heterocycles. The third kappa shape index (κ3) is 1.39. The molecule has 2 heterocycles. The third-order valence-electron chi connectivity index (χ3n) is 4.12. The van der Waals surface area contributed by atoms with E-state index < -0.39 is 0 Å². The van der Waals surface area contributed by atoms with E-state index in [0.717, 1.165) is 6.04 Å². The van der Waals surface area contributed by atoms with Crippen molar-refractivity contribution in [2.24, 2.45) is 0 Å². The molecule has 0 amide bonds. The zero-order valence-electron chi connectivity index (χ0n) is 8.39. The van der Waals surface area contributed by atoms with Gasteiger partial charge in [0.2, 0.25) is 0 Å². The molecular weight excluding hydrogens is 146 g/mol. The number of hydrogen-bond donors (Lipinski definition) is 0. The van der Waals surface area contributed by atoms with Gasteiger partial charge in [0.15, 0.2) is 0 Å². The van der Waals surface area contributed by atoms with Crippen LogP contribution in [0.5, 0.6) is 0 Å². The smallest absolute Gasteiger partial charge is 0.0861 e. The molecule has 1 atom stereocenters. The Morgan fingerprint density at radius 1 is 0.833 bits per heavy atom. The predicted octanol–water partition coefficient (Wildman–Crippen LogP) is 2.56. The van der Waals surface area contributed by atoms with Crippen LogP contribution in [0.15, 0.2) is 0 Å². The number of hydrogen-bond acceptors (Lipinski definition) is 0. The van der Waals surface area contributed by atoms with E-state index in [2.05, 4.69) is 6.92 Å². The van der Waals surface area contributed by atoms with Crippen molar-refractivity contribution < 1.29 is 4.48 Å². The largest absolute Gasteiger partial charge is 0.321 e. The van der Waals surface area contributed by atoms with Crippen LogP contribution in [0.25, 0.3) is 0 Å². The molecular formula is C11H22N+. The predicted molar refractivity (Wildman–Crippen MR) is 52.0 cm³/mol. The summed E-state index contributed by atoms with van der Waals surface area (Å²) in [6.07, 6.45) is 8.94. The Balaban J connectivity index is 2.04. The van der Waals surface area contributed by atoms with Crippen molar-refractivity contribution in [1.82, 2.24) is 0 Å².